The fraction of sp³-hybridized carbons (Fsp3) is 0.0746. The molecule has 2 aromatic heterocycles. The summed E-state index contributed by atoms with van der Waals surface area (Å²) in [5.74, 6) is 1.20. The quantitative estimate of drug-likeness (QED) is 0.176. The Balaban J connectivity index is 1.00. The van der Waals surface area contributed by atoms with Crippen molar-refractivity contribution in [3.05, 3.63) is 281 Å². The van der Waals surface area contributed by atoms with E-state index < -0.39 is 10.8 Å². The molecule has 15 rings (SSSR count). The highest BCUT2D eigenvalue weighted by molar-refractivity contribution is 7.26. The van der Waals surface area contributed by atoms with Gasteiger partial charge < -0.3 is 0 Å². The van der Waals surface area contributed by atoms with Crippen molar-refractivity contribution in [1.82, 2.24) is 9.97 Å². The number of aromatic nitrogens is 2. The third-order valence-electron chi connectivity index (χ3n) is 15.9. The Morgan fingerprint density at radius 3 is 1.69 bits per heavy atom. The summed E-state index contributed by atoms with van der Waals surface area (Å²) < 4.78 is 2.67. The molecule has 11 aromatic rings. The summed E-state index contributed by atoms with van der Waals surface area (Å²) >= 11 is 1.95. The molecule has 2 nitrogen and oxygen atoms in total. The van der Waals surface area contributed by atoms with Crippen LogP contribution in [0.1, 0.15) is 63.5 Å². The Morgan fingerprint density at radius 2 is 0.986 bits per heavy atom. The Hall–Kier alpha value is -8.24. The summed E-state index contributed by atoms with van der Waals surface area (Å²) in [4.78, 5) is 10.4. The maximum atomic E-state index is 5.25. The van der Waals surface area contributed by atoms with Crippen LogP contribution in [0.5, 0.6) is 0 Å². The zero-order valence-corrected chi connectivity index (χ0v) is 39.3. The molecule has 0 saturated heterocycles. The first kappa shape index (κ1) is 39.7. The van der Waals surface area contributed by atoms with Crippen molar-refractivity contribution in [2.24, 2.45) is 5.92 Å². The molecule has 0 saturated carbocycles. The van der Waals surface area contributed by atoms with E-state index in [1.54, 1.807) is 0 Å². The lowest BCUT2D eigenvalue weighted by molar-refractivity contribution is 0.636. The van der Waals surface area contributed by atoms with Gasteiger partial charge >= 0.3 is 0 Å². The van der Waals surface area contributed by atoms with Gasteiger partial charge in [0.25, 0.3) is 0 Å². The molecule has 4 aliphatic carbocycles. The van der Waals surface area contributed by atoms with E-state index in [2.05, 4.69) is 231 Å². The topological polar surface area (TPSA) is 25.8 Å². The number of hydrogen-bond donors (Lipinski definition) is 0. The van der Waals surface area contributed by atoms with Gasteiger partial charge in [0.05, 0.1) is 22.2 Å². The molecule has 1 atom stereocenters. The van der Waals surface area contributed by atoms with Crippen LogP contribution in [0.3, 0.4) is 0 Å². The molecule has 0 radical (unpaired) electrons. The van der Waals surface area contributed by atoms with Crippen LogP contribution < -0.4 is 0 Å². The average Bonchev–Trinajstić information content (AvgIpc) is 4.06. The van der Waals surface area contributed by atoms with E-state index in [0.717, 1.165) is 34.8 Å². The van der Waals surface area contributed by atoms with Gasteiger partial charge in [-0.1, -0.05) is 225 Å². The molecule has 1 unspecified atom stereocenters. The number of rotatable bonds is 4. The normalized spacial score (nSPS) is 16.1. The maximum Gasteiger partial charge on any atom is 0.160 e. The minimum atomic E-state index is -0.656. The second kappa shape index (κ2) is 14.9. The summed E-state index contributed by atoms with van der Waals surface area (Å²) in [7, 11) is 0. The summed E-state index contributed by atoms with van der Waals surface area (Å²) in [6.07, 6.45) is 7.61. The second-order valence-electron chi connectivity index (χ2n) is 19.5. The van der Waals surface area contributed by atoms with Crippen molar-refractivity contribution in [1.29, 1.82) is 0 Å². The molecular weight excluding hydrogens is 865 g/mol. The van der Waals surface area contributed by atoms with Crippen LogP contribution in [0.25, 0.3) is 81.8 Å². The standard InChI is InChI=1S/C67H44N2S/c1-41-17-15-20-45(39-41)60-40-59(68-65(69-60)44-18-3-2-4-19-44)43-35-33-42(34-36-43)46-24-16-25-50-51-37-38-52-49-23-7-14-32-61(49)70-64(52)63(51)67(62(46)50)57-30-12-10-28-55(57)66(56-29-11-13-31-58(56)67)53-26-8-5-21-47(53)48-22-6-9-27-54(48)66/h2-38,40-41H,39H2,1H3. The summed E-state index contributed by atoms with van der Waals surface area (Å²) in [5, 5.41) is 2.63. The highest BCUT2D eigenvalue weighted by Gasteiger charge is 2.60. The predicted octanol–water partition coefficient (Wildman–Crippen LogP) is 16.9. The van der Waals surface area contributed by atoms with Crippen LogP contribution in [-0.4, -0.2) is 9.97 Å². The van der Waals surface area contributed by atoms with E-state index >= 15 is 0 Å². The highest BCUT2D eigenvalue weighted by atomic mass is 32.1. The molecule has 0 amide bonds. The largest absolute Gasteiger partial charge is 0.228 e. The number of hydrogen-bond acceptors (Lipinski definition) is 3. The van der Waals surface area contributed by atoms with Gasteiger partial charge in [-0.2, -0.15) is 0 Å². The number of nitrogens with zero attached hydrogens (tertiary/aromatic N) is 2. The molecule has 0 fully saturated rings. The molecule has 0 aliphatic heterocycles. The minimum Gasteiger partial charge on any atom is -0.228 e. The average molecular weight is 909 g/mol. The Morgan fingerprint density at radius 1 is 0.429 bits per heavy atom. The fourth-order valence-corrected chi connectivity index (χ4v) is 14.5. The Labute approximate surface area is 411 Å². The molecule has 3 heteroatoms. The Bertz CT molecular complexity index is 3960. The minimum absolute atomic E-state index is 0.452. The van der Waals surface area contributed by atoms with E-state index in [-0.39, 0.29) is 0 Å². The monoisotopic (exact) mass is 908 g/mol. The first-order valence-electron chi connectivity index (χ1n) is 24.5. The van der Waals surface area contributed by atoms with Crippen molar-refractivity contribution in [3.63, 3.8) is 0 Å². The van der Waals surface area contributed by atoms with E-state index in [9.17, 15) is 0 Å². The van der Waals surface area contributed by atoms with Gasteiger partial charge in [-0.25, -0.2) is 9.97 Å². The van der Waals surface area contributed by atoms with E-state index in [1.165, 1.54) is 104 Å². The highest BCUT2D eigenvalue weighted by Crippen LogP contribution is 2.69. The first-order valence-corrected chi connectivity index (χ1v) is 25.3. The number of benzene rings is 9. The van der Waals surface area contributed by atoms with Gasteiger partial charge in [-0.3, -0.25) is 0 Å². The lowest BCUT2D eigenvalue weighted by Gasteiger charge is -2.49. The molecule has 9 aromatic carbocycles. The van der Waals surface area contributed by atoms with Gasteiger partial charge in [0.1, 0.15) is 0 Å². The summed E-state index contributed by atoms with van der Waals surface area (Å²) in [6, 6.07) is 79.9. The van der Waals surface area contributed by atoms with Crippen molar-refractivity contribution < 1.29 is 0 Å². The number of thiophene rings is 1. The van der Waals surface area contributed by atoms with Crippen LogP contribution in [0.15, 0.2) is 231 Å². The third-order valence-corrected chi connectivity index (χ3v) is 17.1. The van der Waals surface area contributed by atoms with Gasteiger partial charge in [0.2, 0.25) is 0 Å². The fourth-order valence-electron chi connectivity index (χ4n) is 13.2. The maximum absolute atomic E-state index is 5.25. The zero-order chi connectivity index (χ0) is 46.1. The van der Waals surface area contributed by atoms with Crippen molar-refractivity contribution in [2.45, 2.75) is 24.2 Å². The number of fused-ring (bicyclic) bond motifs is 20. The summed E-state index contributed by atoms with van der Waals surface area (Å²) in [5.41, 5.74) is 22.5. The lowest BCUT2D eigenvalue weighted by Crippen LogP contribution is -2.44. The van der Waals surface area contributed by atoms with Gasteiger partial charge in [-0.05, 0) is 108 Å². The number of allylic oxidation sites excluding steroid dienone is 4. The first-order chi connectivity index (χ1) is 34.6. The van der Waals surface area contributed by atoms with Gasteiger partial charge in [0.15, 0.2) is 5.82 Å². The summed E-state index contributed by atoms with van der Waals surface area (Å²) in [6.45, 7) is 2.27. The Kier molecular flexibility index (Phi) is 8.44. The van der Waals surface area contributed by atoms with Crippen LogP contribution in [0, 0.1) is 5.92 Å². The van der Waals surface area contributed by atoms with Crippen LogP contribution in [0.4, 0.5) is 0 Å². The molecular formula is C67H44N2S. The van der Waals surface area contributed by atoms with Crippen LogP contribution >= 0.6 is 11.3 Å². The van der Waals surface area contributed by atoms with Crippen molar-refractivity contribution in [2.75, 3.05) is 0 Å². The van der Waals surface area contributed by atoms with Gasteiger partial charge in [-0.15, -0.1) is 11.3 Å². The van der Waals surface area contributed by atoms with Crippen molar-refractivity contribution in [3.8, 4) is 56.0 Å². The molecule has 70 heavy (non-hydrogen) atoms. The van der Waals surface area contributed by atoms with E-state index in [0.29, 0.717) is 5.92 Å². The smallest absolute Gasteiger partial charge is 0.160 e. The van der Waals surface area contributed by atoms with Gasteiger partial charge in [0, 0.05) is 31.3 Å². The molecule has 328 valence electrons. The van der Waals surface area contributed by atoms with Crippen LogP contribution in [0.2, 0.25) is 0 Å². The molecule has 0 N–H and O–H groups in total. The SMILES string of the molecule is CC1C=CC=C(c2cc(-c3ccc(-c4cccc5c4C4(c6ccccc6C6(c7ccccc7-c7ccccc76)c6ccccc64)c4c-5ccc5c4sc4ccccc45)cc3)nc(-c3ccccc3)n2)C1. The molecule has 0 bridgehead atoms. The zero-order valence-electron chi connectivity index (χ0n) is 38.5. The van der Waals surface area contributed by atoms with Crippen molar-refractivity contribution >= 4 is 37.1 Å². The molecule has 2 heterocycles. The van der Waals surface area contributed by atoms with Crippen LogP contribution in [-0.2, 0) is 10.8 Å². The molecule has 2 spiro atoms. The third kappa shape index (κ3) is 5.28. The second-order valence-corrected chi connectivity index (χ2v) is 20.6. The van der Waals surface area contributed by atoms with E-state index in [1.807, 2.05) is 17.4 Å². The predicted molar refractivity (Wildman–Crippen MR) is 290 cm³/mol. The molecule has 4 aliphatic rings. The lowest BCUT2D eigenvalue weighted by atomic mass is 9.52. The van der Waals surface area contributed by atoms with E-state index in [4.69, 9.17) is 9.97 Å².